The number of anilines is 1. The third-order valence-corrected chi connectivity index (χ3v) is 6.19. The Hall–Kier alpha value is -2.34. The molecule has 0 atom stereocenters. The van der Waals surface area contributed by atoms with Crippen molar-refractivity contribution in [2.24, 2.45) is 0 Å². The van der Waals surface area contributed by atoms with Crippen molar-refractivity contribution in [1.82, 2.24) is 14.9 Å². The van der Waals surface area contributed by atoms with Crippen molar-refractivity contribution in [2.75, 3.05) is 37.6 Å². The molecular formula is C23H24Cl2N4O. The number of nitrogens with zero attached hydrogens (tertiary/aromatic N) is 3. The Balaban J connectivity index is 1.23. The number of aromatic nitrogens is 2. The van der Waals surface area contributed by atoms with Gasteiger partial charge in [0, 0.05) is 37.6 Å². The lowest BCUT2D eigenvalue weighted by molar-refractivity contribution is 0.255. The number of unbranched alkanes of at least 4 members (excludes halogenated alkanes) is 1. The first-order valence-electron chi connectivity index (χ1n) is 10.2. The molecule has 5 nitrogen and oxygen atoms in total. The van der Waals surface area contributed by atoms with Gasteiger partial charge in [0.1, 0.15) is 5.65 Å². The smallest absolute Gasteiger partial charge is 0.249 e. The van der Waals surface area contributed by atoms with E-state index >= 15 is 0 Å². The maximum atomic E-state index is 11.4. The maximum Gasteiger partial charge on any atom is 0.249 e. The summed E-state index contributed by atoms with van der Waals surface area (Å²) >= 11 is 12.5. The van der Waals surface area contributed by atoms with Crippen molar-refractivity contribution >= 4 is 46.0 Å². The highest BCUT2D eigenvalue weighted by Gasteiger charge is 2.19. The van der Waals surface area contributed by atoms with E-state index in [9.17, 15) is 4.79 Å². The van der Waals surface area contributed by atoms with E-state index < -0.39 is 0 Å². The number of allylic oxidation sites excluding steroid dienone is 1. The molecule has 0 radical (unpaired) electrons. The number of piperazine rings is 1. The zero-order valence-electron chi connectivity index (χ0n) is 16.7. The van der Waals surface area contributed by atoms with Gasteiger partial charge < -0.3 is 9.88 Å². The van der Waals surface area contributed by atoms with Crippen LogP contribution in [-0.4, -0.2) is 47.6 Å². The lowest BCUT2D eigenvalue weighted by Crippen LogP contribution is -2.46. The number of hydrogen-bond donors (Lipinski definition) is 1. The van der Waals surface area contributed by atoms with E-state index in [2.05, 4.69) is 25.8 Å². The Bertz CT molecular complexity index is 1100. The summed E-state index contributed by atoms with van der Waals surface area (Å²) in [5.41, 5.74) is 2.38. The second kappa shape index (κ2) is 9.65. The van der Waals surface area contributed by atoms with E-state index in [1.54, 1.807) is 6.07 Å². The molecule has 0 spiro atoms. The number of H-pyrrole nitrogens is 1. The molecular weight excluding hydrogens is 419 g/mol. The normalized spacial score (nSPS) is 15.3. The van der Waals surface area contributed by atoms with Crippen LogP contribution in [0.1, 0.15) is 18.5 Å². The molecule has 3 aromatic rings. The predicted octanol–water partition coefficient (Wildman–Crippen LogP) is 4.85. The average molecular weight is 443 g/mol. The van der Waals surface area contributed by atoms with Crippen LogP contribution in [0.3, 0.4) is 0 Å². The fraction of sp³-hybridized carbons (Fsp3) is 0.304. The summed E-state index contributed by atoms with van der Waals surface area (Å²) in [5, 5.41) is 2.18. The largest absolute Gasteiger partial charge is 0.368 e. The SMILES string of the molecule is O=c1ccc2ccc(/C=C/CCCN3CCN(c4cccc(Cl)c4Cl)CC3)nc2[nH]1. The Labute approximate surface area is 185 Å². The van der Waals surface area contributed by atoms with Gasteiger partial charge in [-0.25, -0.2) is 4.98 Å². The predicted molar refractivity (Wildman–Crippen MR) is 126 cm³/mol. The fourth-order valence-electron chi connectivity index (χ4n) is 3.72. The molecule has 1 aliphatic heterocycles. The molecule has 1 aliphatic rings. The highest BCUT2D eigenvalue weighted by Crippen LogP contribution is 2.32. The van der Waals surface area contributed by atoms with Gasteiger partial charge >= 0.3 is 0 Å². The first-order chi connectivity index (χ1) is 14.6. The molecule has 7 heteroatoms. The number of rotatable bonds is 6. The second-order valence-electron chi connectivity index (χ2n) is 7.44. The fourth-order valence-corrected chi connectivity index (χ4v) is 4.14. The number of hydrogen-bond acceptors (Lipinski definition) is 4. The number of pyridine rings is 2. The summed E-state index contributed by atoms with van der Waals surface area (Å²) in [6.45, 7) is 5.02. The highest BCUT2D eigenvalue weighted by atomic mass is 35.5. The minimum atomic E-state index is -0.131. The quantitative estimate of drug-likeness (QED) is 0.554. The molecule has 1 N–H and O–H groups in total. The number of aromatic amines is 1. The average Bonchev–Trinajstić information content (AvgIpc) is 2.76. The summed E-state index contributed by atoms with van der Waals surface area (Å²) in [6.07, 6.45) is 6.26. The molecule has 4 rings (SSSR count). The van der Waals surface area contributed by atoms with Crippen LogP contribution in [0.5, 0.6) is 0 Å². The molecule has 3 heterocycles. The van der Waals surface area contributed by atoms with E-state index in [0.717, 1.165) is 62.3 Å². The Morgan fingerprint density at radius 3 is 2.67 bits per heavy atom. The number of benzene rings is 1. The first-order valence-corrected chi connectivity index (χ1v) is 10.9. The van der Waals surface area contributed by atoms with Crippen molar-refractivity contribution in [3.05, 3.63) is 74.6 Å². The van der Waals surface area contributed by atoms with Gasteiger partial charge in [-0.05, 0) is 55.8 Å². The maximum absolute atomic E-state index is 11.4. The number of halogens is 2. The van der Waals surface area contributed by atoms with E-state index in [4.69, 9.17) is 23.2 Å². The van der Waals surface area contributed by atoms with Gasteiger partial charge in [0.15, 0.2) is 0 Å². The van der Waals surface area contributed by atoms with Crippen molar-refractivity contribution in [2.45, 2.75) is 12.8 Å². The molecule has 2 aromatic heterocycles. The van der Waals surface area contributed by atoms with E-state index in [-0.39, 0.29) is 5.56 Å². The lowest BCUT2D eigenvalue weighted by Gasteiger charge is -2.36. The Morgan fingerprint density at radius 2 is 1.83 bits per heavy atom. The van der Waals surface area contributed by atoms with Crippen LogP contribution in [0.15, 0.2) is 53.3 Å². The first kappa shape index (κ1) is 20.9. The van der Waals surface area contributed by atoms with Gasteiger partial charge in [-0.15, -0.1) is 0 Å². The van der Waals surface area contributed by atoms with Crippen LogP contribution in [0, 0.1) is 0 Å². The molecule has 0 aliphatic carbocycles. The van der Waals surface area contributed by atoms with E-state index in [1.807, 2.05) is 36.4 Å². The van der Waals surface area contributed by atoms with Gasteiger partial charge in [0.2, 0.25) is 5.56 Å². The van der Waals surface area contributed by atoms with Crippen LogP contribution in [0.25, 0.3) is 17.1 Å². The van der Waals surface area contributed by atoms with Gasteiger partial charge in [0.25, 0.3) is 0 Å². The molecule has 1 saturated heterocycles. The summed E-state index contributed by atoms with van der Waals surface area (Å²) in [6, 6.07) is 13.1. The van der Waals surface area contributed by atoms with Crippen LogP contribution in [-0.2, 0) is 0 Å². The van der Waals surface area contributed by atoms with E-state index in [0.29, 0.717) is 15.7 Å². The summed E-state index contributed by atoms with van der Waals surface area (Å²) < 4.78 is 0. The molecule has 0 saturated carbocycles. The van der Waals surface area contributed by atoms with Gasteiger partial charge in [-0.2, -0.15) is 0 Å². The molecule has 0 bridgehead atoms. The Morgan fingerprint density at radius 1 is 1.03 bits per heavy atom. The van der Waals surface area contributed by atoms with E-state index in [1.165, 1.54) is 6.07 Å². The minimum absolute atomic E-state index is 0.131. The minimum Gasteiger partial charge on any atom is -0.368 e. The lowest BCUT2D eigenvalue weighted by atomic mass is 10.2. The molecule has 1 aromatic carbocycles. The van der Waals surface area contributed by atoms with Crippen molar-refractivity contribution in [1.29, 1.82) is 0 Å². The topological polar surface area (TPSA) is 52.2 Å². The van der Waals surface area contributed by atoms with Crippen LogP contribution in [0.2, 0.25) is 10.0 Å². The van der Waals surface area contributed by atoms with Crippen molar-refractivity contribution < 1.29 is 0 Å². The molecule has 156 valence electrons. The third kappa shape index (κ3) is 5.04. The van der Waals surface area contributed by atoms with Gasteiger partial charge in [-0.3, -0.25) is 9.69 Å². The summed E-state index contributed by atoms with van der Waals surface area (Å²) in [5.74, 6) is 0. The monoisotopic (exact) mass is 442 g/mol. The van der Waals surface area contributed by atoms with Crippen molar-refractivity contribution in [3.63, 3.8) is 0 Å². The second-order valence-corrected chi connectivity index (χ2v) is 8.23. The molecule has 1 fully saturated rings. The zero-order valence-corrected chi connectivity index (χ0v) is 18.2. The van der Waals surface area contributed by atoms with Gasteiger partial charge in [-0.1, -0.05) is 35.3 Å². The molecule has 30 heavy (non-hydrogen) atoms. The van der Waals surface area contributed by atoms with Crippen LogP contribution >= 0.6 is 23.2 Å². The van der Waals surface area contributed by atoms with Crippen LogP contribution < -0.4 is 10.5 Å². The summed E-state index contributed by atoms with van der Waals surface area (Å²) in [4.78, 5) is 23.5. The van der Waals surface area contributed by atoms with Crippen LogP contribution in [0.4, 0.5) is 5.69 Å². The molecule has 0 amide bonds. The number of nitrogens with one attached hydrogen (secondary N) is 1. The standard InChI is InChI=1S/C23H24Cl2N4O/c24-19-6-4-7-20(22(19)25)29-15-13-28(14-16-29)12-3-1-2-5-18-10-8-17-9-11-21(30)27-23(17)26-18/h2,4-11H,1,3,12-16H2,(H,26,27,30)/b5-2+. The number of fused-ring (bicyclic) bond motifs is 1. The van der Waals surface area contributed by atoms with Crippen molar-refractivity contribution in [3.8, 4) is 0 Å². The Kier molecular flexibility index (Phi) is 6.72. The van der Waals surface area contributed by atoms with Gasteiger partial charge in [0.05, 0.1) is 21.4 Å². The highest BCUT2D eigenvalue weighted by molar-refractivity contribution is 6.43. The zero-order chi connectivity index (χ0) is 20.9. The summed E-state index contributed by atoms with van der Waals surface area (Å²) in [7, 11) is 0. The molecule has 0 unspecified atom stereocenters. The third-order valence-electron chi connectivity index (χ3n) is 5.38.